The van der Waals surface area contributed by atoms with Gasteiger partial charge < -0.3 is 24.4 Å². The maximum atomic E-state index is 6.48. The van der Waals surface area contributed by atoms with Crippen LogP contribution in [-0.2, 0) is 9.47 Å². The van der Waals surface area contributed by atoms with Gasteiger partial charge in [0.2, 0.25) is 0 Å². The number of ether oxygens (including phenoxy) is 3. The fourth-order valence-corrected chi connectivity index (χ4v) is 4.31. The van der Waals surface area contributed by atoms with Gasteiger partial charge in [-0.1, -0.05) is 0 Å². The van der Waals surface area contributed by atoms with Gasteiger partial charge in [-0.25, -0.2) is 4.98 Å². The Hall–Kier alpha value is -1.96. The molecule has 2 saturated heterocycles. The van der Waals surface area contributed by atoms with Crippen molar-refractivity contribution in [1.82, 2.24) is 15.3 Å². The molecule has 7 heteroatoms. The summed E-state index contributed by atoms with van der Waals surface area (Å²) < 4.78 is 17.2. The van der Waals surface area contributed by atoms with E-state index in [4.69, 9.17) is 14.2 Å². The Bertz CT molecular complexity index is 799. The Kier molecular flexibility index (Phi) is 5.29. The second kappa shape index (κ2) is 8.19. The highest BCUT2D eigenvalue weighted by Gasteiger charge is 2.27. The molecule has 2 aliphatic heterocycles. The van der Waals surface area contributed by atoms with E-state index in [0.29, 0.717) is 12.1 Å². The minimum absolute atomic E-state index is 0.237. The predicted octanol–water partition coefficient (Wildman–Crippen LogP) is 2.14. The lowest BCUT2D eigenvalue weighted by molar-refractivity contribution is -0.0139. The molecule has 0 radical (unpaired) electrons. The molecule has 0 spiro atoms. The number of benzene rings is 1. The predicted molar refractivity (Wildman–Crippen MR) is 107 cm³/mol. The lowest BCUT2D eigenvalue weighted by Crippen LogP contribution is -2.51. The number of aromatic nitrogens is 2. The average molecular weight is 384 g/mol. The third kappa shape index (κ3) is 3.92. The summed E-state index contributed by atoms with van der Waals surface area (Å²) in [6.45, 7) is 5.03. The van der Waals surface area contributed by atoms with Crippen molar-refractivity contribution in [2.45, 2.75) is 43.9 Å². The summed E-state index contributed by atoms with van der Waals surface area (Å²) in [6.07, 6.45) is 8.15. The lowest BCUT2D eigenvalue weighted by atomic mass is 9.92. The van der Waals surface area contributed by atoms with Gasteiger partial charge in [-0.3, -0.25) is 4.98 Å². The van der Waals surface area contributed by atoms with Crippen LogP contribution in [0.2, 0.25) is 0 Å². The van der Waals surface area contributed by atoms with E-state index >= 15 is 0 Å². The highest BCUT2D eigenvalue weighted by atomic mass is 16.5. The molecule has 7 nitrogen and oxygen atoms in total. The monoisotopic (exact) mass is 384 g/mol. The van der Waals surface area contributed by atoms with E-state index in [-0.39, 0.29) is 6.10 Å². The first-order valence-corrected chi connectivity index (χ1v) is 10.4. The maximum Gasteiger partial charge on any atom is 0.149 e. The van der Waals surface area contributed by atoms with Gasteiger partial charge in [0.15, 0.2) is 0 Å². The lowest BCUT2D eigenvalue weighted by Gasteiger charge is -2.35. The molecule has 150 valence electrons. The van der Waals surface area contributed by atoms with Crippen LogP contribution in [0.3, 0.4) is 0 Å². The van der Waals surface area contributed by atoms with Crippen LogP contribution in [0.15, 0.2) is 24.5 Å². The molecule has 1 aliphatic carbocycles. The number of nitrogens with zero attached hydrogens (tertiary/aromatic N) is 3. The van der Waals surface area contributed by atoms with Crippen molar-refractivity contribution in [1.29, 1.82) is 0 Å². The van der Waals surface area contributed by atoms with Gasteiger partial charge in [0.25, 0.3) is 0 Å². The van der Waals surface area contributed by atoms with E-state index in [1.165, 1.54) is 0 Å². The first-order chi connectivity index (χ1) is 13.8. The molecule has 0 bridgehead atoms. The molecular formula is C21H28N4O3. The second-order valence-corrected chi connectivity index (χ2v) is 7.96. The average Bonchev–Trinajstić information content (AvgIpc) is 2.72. The van der Waals surface area contributed by atoms with E-state index in [1.807, 2.05) is 0 Å². The number of nitrogens with one attached hydrogen (secondary N) is 1. The first-order valence-electron chi connectivity index (χ1n) is 10.4. The van der Waals surface area contributed by atoms with Crippen LogP contribution in [0.25, 0.3) is 11.0 Å². The molecule has 3 fully saturated rings. The first kappa shape index (κ1) is 18.1. The van der Waals surface area contributed by atoms with Gasteiger partial charge in [-0.05, 0) is 31.7 Å². The maximum absolute atomic E-state index is 6.48. The summed E-state index contributed by atoms with van der Waals surface area (Å²) in [4.78, 5) is 11.4. The van der Waals surface area contributed by atoms with E-state index in [2.05, 4.69) is 32.3 Å². The quantitative estimate of drug-likeness (QED) is 0.847. The molecule has 28 heavy (non-hydrogen) atoms. The molecule has 1 saturated carbocycles. The Balaban J connectivity index is 1.30. The topological polar surface area (TPSA) is 68.7 Å². The van der Waals surface area contributed by atoms with Gasteiger partial charge in [-0.15, -0.1) is 0 Å². The van der Waals surface area contributed by atoms with Crippen LogP contribution in [-0.4, -0.2) is 67.7 Å². The largest absolute Gasteiger partial charge is 0.488 e. The number of hydrogen-bond donors (Lipinski definition) is 1. The summed E-state index contributed by atoms with van der Waals surface area (Å²) in [5.74, 6) is 0.857. The summed E-state index contributed by atoms with van der Waals surface area (Å²) in [5, 5.41) is 3.70. The van der Waals surface area contributed by atoms with Crippen LogP contribution in [0, 0.1) is 0 Å². The van der Waals surface area contributed by atoms with Crippen LogP contribution in [0.4, 0.5) is 5.69 Å². The van der Waals surface area contributed by atoms with Crippen LogP contribution in [0.5, 0.6) is 5.75 Å². The highest BCUT2D eigenvalue weighted by molar-refractivity contribution is 5.85. The fourth-order valence-electron chi connectivity index (χ4n) is 4.31. The zero-order valence-corrected chi connectivity index (χ0v) is 16.2. The molecule has 0 atom stereocenters. The van der Waals surface area contributed by atoms with Gasteiger partial charge in [0.05, 0.1) is 44.1 Å². The van der Waals surface area contributed by atoms with Crippen molar-refractivity contribution in [3.63, 3.8) is 0 Å². The van der Waals surface area contributed by atoms with Crippen molar-refractivity contribution < 1.29 is 14.2 Å². The fraction of sp³-hybridized carbons (Fsp3) is 0.619. The van der Waals surface area contributed by atoms with Gasteiger partial charge in [0, 0.05) is 43.3 Å². The molecular weight excluding hydrogens is 356 g/mol. The molecule has 2 aromatic rings. The van der Waals surface area contributed by atoms with Crippen LogP contribution in [0.1, 0.15) is 25.7 Å². The molecule has 3 aliphatic rings. The number of anilines is 1. The van der Waals surface area contributed by atoms with Crippen LogP contribution >= 0.6 is 0 Å². The smallest absolute Gasteiger partial charge is 0.149 e. The molecule has 0 amide bonds. The number of morpholine rings is 1. The summed E-state index contributed by atoms with van der Waals surface area (Å²) in [5.41, 5.74) is 2.89. The Morgan fingerprint density at radius 3 is 2.46 bits per heavy atom. The van der Waals surface area contributed by atoms with Crippen molar-refractivity contribution in [2.75, 3.05) is 44.4 Å². The molecule has 0 unspecified atom stereocenters. The van der Waals surface area contributed by atoms with Crippen molar-refractivity contribution >= 4 is 16.7 Å². The normalized spacial score (nSPS) is 26.2. The van der Waals surface area contributed by atoms with Crippen molar-refractivity contribution in [2.24, 2.45) is 0 Å². The second-order valence-electron chi connectivity index (χ2n) is 7.96. The Labute approximate surface area is 165 Å². The van der Waals surface area contributed by atoms with Gasteiger partial charge in [0.1, 0.15) is 11.3 Å². The van der Waals surface area contributed by atoms with Crippen LogP contribution < -0.4 is 15.0 Å². The zero-order valence-electron chi connectivity index (χ0n) is 16.2. The van der Waals surface area contributed by atoms with E-state index in [1.54, 1.807) is 12.4 Å². The number of fused-ring (bicyclic) bond motifs is 1. The molecule has 5 rings (SSSR count). The number of hydrogen-bond acceptors (Lipinski definition) is 7. The third-order valence-corrected chi connectivity index (χ3v) is 5.98. The summed E-state index contributed by atoms with van der Waals surface area (Å²) in [7, 11) is 0. The standard InChI is InChI=1S/C21H28N4O3/c1-3-18(4-2-15(1)24-16-13-27-14-16)28-20-12-17(25-7-9-26-10-8-25)11-19-21(20)23-6-5-22-19/h5-6,11-12,15-16,18,24H,1-4,7-10,13-14H2/t15-,18+. The summed E-state index contributed by atoms with van der Waals surface area (Å²) >= 11 is 0. The van der Waals surface area contributed by atoms with E-state index < -0.39 is 0 Å². The van der Waals surface area contributed by atoms with Crippen molar-refractivity contribution in [3.8, 4) is 5.75 Å². The number of rotatable bonds is 5. The highest BCUT2D eigenvalue weighted by Crippen LogP contribution is 2.33. The third-order valence-electron chi connectivity index (χ3n) is 5.98. The zero-order chi connectivity index (χ0) is 18.8. The Morgan fingerprint density at radius 2 is 1.71 bits per heavy atom. The molecule has 1 aromatic carbocycles. The Morgan fingerprint density at radius 1 is 0.929 bits per heavy atom. The molecule has 1 aromatic heterocycles. The molecule has 1 N–H and O–H groups in total. The molecule has 3 heterocycles. The van der Waals surface area contributed by atoms with Gasteiger partial charge in [-0.2, -0.15) is 0 Å². The SMILES string of the molecule is c1cnc2c(O[C@H]3CC[C@@H](NC4COC4)CC3)cc(N3CCOCC3)cc2n1. The minimum atomic E-state index is 0.237. The van der Waals surface area contributed by atoms with Gasteiger partial charge >= 0.3 is 0 Å². The van der Waals surface area contributed by atoms with E-state index in [9.17, 15) is 0 Å². The minimum Gasteiger partial charge on any atom is -0.488 e. The van der Waals surface area contributed by atoms with E-state index in [0.717, 1.165) is 87.7 Å². The van der Waals surface area contributed by atoms with Crippen molar-refractivity contribution in [3.05, 3.63) is 24.5 Å². The summed E-state index contributed by atoms with van der Waals surface area (Å²) in [6, 6.07) is 5.39.